The zero-order chi connectivity index (χ0) is 17.7. The summed E-state index contributed by atoms with van der Waals surface area (Å²) >= 11 is 0. The van der Waals surface area contributed by atoms with E-state index >= 15 is 0 Å². The van der Waals surface area contributed by atoms with Crippen LogP contribution in [-0.2, 0) is 0 Å². The van der Waals surface area contributed by atoms with E-state index < -0.39 is 0 Å². The summed E-state index contributed by atoms with van der Waals surface area (Å²) in [6.45, 7) is 28.6. The SMILES string of the molecule is [C-]#[N+]C(C)(C)C[C@@H]1C[C@H](C)[C@H]2CC[C@](C)([N+]#[C-])[C@@H]3CCC(=C)[C@@H]1C32. The average molecular weight is 325 g/mol. The molecule has 0 bridgehead atoms. The number of hydrogen-bond acceptors (Lipinski definition) is 0. The lowest BCUT2D eigenvalue weighted by atomic mass is 9.46. The molecule has 1 unspecified atom stereocenters. The third-order valence-corrected chi connectivity index (χ3v) is 7.64. The summed E-state index contributed by atoms with van der Waals surface area (Å²) in [6, 6.07) is 0. The highest BCUT2D eigenvalue weighted by Gasteiger charge is 2.59. The Kier molecular flexibility index (Phi) is 4.32. The third-order valence-electron chi connectivity index (χ3n) is 7.64. The van der Waals surface area contributed by atoms with Crippen LogP contribution in [-0.4, -0.2) is 11.1 Å². The molecule has 0 spiro atoms. The largest absolute Gasteiger partial charge is 0.311 e. The number of hydrogen-bond donors (Lipinski definition) is 0. The van der Waals surface area contributed by atoms with Crippen molar-refractivity contribution in [3.8, 4) is 0 Å². The molecule has 130 valence electrons. The molecule has 3 rings (SSSR count). The van der Waals surface area contributed by atoms with E-state index in [-0.39, 0.29) is 11.1 Å². The summed E-state index contributed by atoms with van der Waals surface area (Å²) in [5, 5.41) is 0. The molecule has 0 heterocycles. The third kappa shape index (κ3) is 2.69. The van der Waals surface area contributed by atoms with Gasteiger partial charge in [0.2, 0.25) is 11.1 Å². The lowest BCUT2D eigenvalue weighted by Crippen LogP contribution is -2.55. The lowest BCUT2D eigenvalue weighted by molar-refractivity contribution is -0.0535. The highest BCUT2D eigenvalue weighted by atomic mass is 14.8. The van der Waals surface area contributed by atoms with Crippen LogP contribution in [0.3, 0.4) is 0 Å². The first-order valence-electron chi connectivity index (χ1n) is 9.67. The molecule has 0 aromatic carbocycles. The monoisotopic (exact) mass is 324 g/mol. The van der Waals surface area contributed by atoms with Gasteiger partial charge in [-0.05, 0) is 55.3 Å². The van der Waals surface area contributed by atoms with Crippen molar-refractivity contribution in [3.63, 3.8) is 0 Å². The van der Waals surface area contributed by atoms with E-state index in [1.54, 1.807) is 0 Å². The highest BCUT2D eigenvalue weighted by Crippen LogP contribution is 2.61. The molecule has 0 N–H and O–H groups in total. The van der Waals surface area contributed by atoms with Crippen LogP contribution in [0.1, 0.15) is 66.2 Å². The van der Waals surface area contributed by atoms with Crippen LogP contribution in [0, 0.1) is 48.7 Å². The van der Waals surface area contributed by atoms with Crippen molar-refractivity contribution in [2.75, 3.05) is 0 Å². The Morgan fingerprint density at radius 2 is 2.00 bits per heavy atom. The molecule has 3 saturated carbocycles. The summed E-state index contributed by atoms with van der Waals surface area (Å²) in [6.07, 6.45) is 6.75. The van der Waals surface area contributed by atoms with Crippen LogP contribution < -0.4 is 0 Å². The Morgan fingerprint density at radius 1 is 1.29 bits per heavy atom. The van der Waals surface area contributed by atoms with Gasteiger partial charge in [-0.3, -0.25) is 0 Å². The van der Waals surface area contributed by atoms with E-state index in [2.05, 4.69) is 44.0 Å². The van der Waals surface area contributed by atoms with Gasteiger partial charge in [0, 0.05) is 39.5 Å². The van der Waals surface area contributed by atoms with Crippen molar-refractivity contribution in [1.29, 1.82) is 0 Å². The molecular formula is C22H32N2. The molecule has 2 nitrogen and oxygen atoms in total. The first-order valence-corrected chi connectivity index (χ1v) is 9.67. The first kappa shape index (κ1) is 17.5. The number of allylic oxidation sites excluding steroid dienone is 1. The summed E-state index contributed by atoms with van der Waals surface area (Å²) in [5.41, 5.74) is 0.979. The van der Waals surface area contributed by atoms with Crippen molar-refractivity contribution in [1.82, 2.24) is 0 Å². The van der Waals surface area contributed by atoms with E-state index in [4.69, 9.17) is 13.1 Å². The van der Waals surface area contributed by atoms with Gasteiger partial charge in [-0.1, -0.05) is 19.1 Å². The molecule has 7 atom stereocenters. The molecule has 0 aliphatic heterocycles. The smallest absolute Gasteiger partial charge is 0.233 e. The molecule has 2 heteroatoms. The van der Waals surface area contributed by atoms with Gasteiger partial charge in [-0.2, -0.15) is 0 Å². The van der Waals surface area contributed by atoms with Gasteiger partial charge in [-0.25, -0.2) is 13.1 Å². The van der Waals surface area contributed by atoms with E-state index in [0.29, 0.717) is 23.7 Å². The minimum Gasteiger partial charge on any atom is -0.311 e. The summed E-state index contributed by atoms with van der Waals surface area (Å²) in [5.74, 6) is 3.78. The summed E-state index contributed by atoms with van der Waals surface area (Å²) in [4.78, 5) is 8.02. The van der Waals surface area contributed by atoms with E-state index in [0.717, 1.165) is 37.5 Å². The maximum atomic E-state index is 7.81. The zero-order valence-corrected chi connectivity index (χ0v) is 15.8. The van der Waals surface area contributed by atoms with Gasteiger partial charge in [0.05, 0.1) is 0 Å². The Morgan fingerprint density at radius 3 is 2.62 bits per heavy atom. The summed E-state index contributed by atoms with van der Waals surface area (Å²) < 4.78 is 0. The van der Waals surface area contributed by atoms with Crippen LogP contribution in [0.5, 0.6) is 0 Å². The van der Waals surface area contributed by atoms with Gasteiger partial charge < -0.3 is 9.69 Å². The number of nitrogens with zero attached hydrogens (tertiary/aromatic N) is 2. The van der Waals surface area contributed by atoms with Gasteiger partial charge in [0.15, 0.2) is 0 Å². The molecule has 0 aromatic rings. The van der Waals surface area contributed by atoms with Gasteiger partial charge in [0.25, 0.3) is 0 Å². The lowest BCUT2D eigenvalue weighted by Gasteiger charge is -2.57. The van der Waals surface area contributed by atoms with E-state index in [9.17, 15) is 0 Å². The molecule has 0 radical (unpaired) electrons. The molecular weight excluding hydrogens is 292 g/mol. The van der Waals surface area contributed by atoms with Crippen molar-refractivity contribution >= 4 is 0 Å². The second-order valence-electron chi connectivity index (χ2n) is 9.68. The minimum absolute atomic E-state index is 0.170. The van der Waals surface area contributed by atoms with Crippen molar-refractivity contribution in [3.05, 3.63) is 35.0 Å². The molecule has 0 saturated heterocycles. The standard InChI is InChI=1S/C22H32N2/c1-14-8-9-18-20-17(10-11-22(18,5)24-7)15(2)12-16(19(14)20)13-21(3,4)23-6/h15-20H,1,8-13H2,2-5H3/t15-,16-,17+,18+,19-,20?,22-/m0/s1. The Hall–Kier alpha value is -1.28. The van der Waals surface area contributed by atoms with Crippen LogP contribution in [0.15, 0.2) is 12.2 Å². The molecule has 0 aromatic heterocycles. The minimum atomic E-state index is -0.276. The number of rotatable bonds is 2. The van der Waals surface area contributed by atoms with Crippen molar-refractivity contribution < 1.29 is 0 Å². The van der Waals surface area contributed by atoms with Crippen LogP contribution in [0.2, 0.25) is 0 Å². The predicted octanol–water partition coefficient (Wildman–Crippen LogP) is 6.02. The Balaban J connectivity index is 1.97. The van der Waals surface area contributed by atoms with Gasteiger partial charge >= 0.3 is 0 Å². The molecule has 3 aliphatic rings. The fourth-order valence-corrected chi connectivity index (χ4v) is 6.50. The topological polar surface area (TPSA) is 8.72 Å². The molecule has 24 heavy (non-hydrogen) atoms. The second kappa shape index (κ2) is 5.91. The Labute approximate surface area is 148 Å². The average Bonchev–Trinajstić information content (AvgIpc) is 2.53. The maximum Gasteiger partial charge on any atom is 0.233 e. The van der Waals surface area contributed by atoms with Crippen LogP contribution in [0.25, 0.3) is 9.69 Å². The molecule has 0 amide bonds. The zero-order valence-electron chi connectivity index (χ0n) is 15.8. The van der Waals surface area contributed by atoms with E-state index in [1.807, 2.05) is 0 Å². The normalized spacial score (nSPS) is 45.0. The summed E-state index contributed by atoms with van der Waals surface area (Å²) in [7, 11) is 0. The first-order chi connectivity index (χ1) is 11.2. The quantitative estimate of drug-likeness (QED) is 0.434. The van der Waals surface area contributed by atoms with E-state index in [1.165, 1.54) is 18.4 Å². The highest BCUT2D eigenvalue weighted by molar-refractivity contribution is 5.20. The van der Waals surface area contributed by atoms with Crippen LogP contribution in [0.4, 0.5) is 0 Å². The molecule has 3 aliphatic carbocycles. The molecule has 3 fully saturated rings. The fourth-order valence-electron chi connectivity index (χ4n) is 6.50. The second-order valence-corrected chi connectivity index (χ2v) is 9.68. The van der Waals surface area contributed by atoms with Crippen molar-refractivity contribution in [2.24, 2.45) is 35.5 Å². The predicted molar refractivity (Wildman–Crippen MR) is 99.1 cm³/mol. The van der Waals surface area contributed by atoms with Crippen LogP contribution >= 0.6 is 0 Å². The van der Waals surface area contributed by atoms with Gasteiger partial charge in [0.1, 0.15) is 0 Å². The van der Waals surface area contributed by atoms with Gasteiger partial charge in [-0.15, -0.1) is 0 Å². The Bertz CT molecular complexity index is 604. The van der Waals surface area contributed by atoms with Crippen molar-refractivity contribution in [2.45, 2.75) is 77.3 Å². The fraction of sp³-hybridized carbons (Fsp3) is 0.818. The maximum absolute atomic E-state index is 7.81.